The predicted molar refractivity (Wildman–Crippen MR) is 64.5 cm³/mol. The lowest BCUT2D eigenvalue weighted by Crippen LogP contribution is -2.09. The van der Waals surface area contributed by atoms with Gasteiger partial charge in [-0.1, -0.05) is 9.13 Å². The molecule has 0 bridgehead atoms. The largest absolute Gasteiger partial charge is 0.500 e. The third-order valence-corrected chi connectivity index (χ3v) is 1.09. The van der Waals surface area contributed by atoms with Crippen molar-refractivity contribution in [3.8, 4) is 0 Å². The molecule has 0 radical (unpaired) electrons. The second-order valence-electron chi connectivity index (χ2n) is 2.41. The lowest BCUT2D eigenvalue weighted by molar-refractivity contribution is -0.159. The van der Waals surface area contributed by atoms with Crippen molar-refractivity contribution in [3.05, 3.63) is 0 Å². The molecule has 17 nitrogen and oxygen atoms in total. The Labute approximate surface area is 134 Å². The Hall–Kier alpha value is -2.79. The van der Waals surface area contributed by atoms with Crippen LogP contribution in [0.25, 0.3) is 0 Å². The maximum Gasteiger partial charge on any atom is 0.500 e. The highest BCUT2D eigenvalue weighted by Gasteiger charge is 2.12. The third kappa shape index (κ3) is 52.5. The van der Waals surface area contributed by atoms with Gasteiger partial charge in [-0.05, 0) is 4.53 Å². The van der Waals surface area contributed by atoms with E-state index in [1.54, 1.807) is 0 Å². The van der Waals surface area contributed by atoms with Crippen LogP contribution in [0.3, 0.4) is 0 Å². The molecule has 0 saturated carbocycles. The highest BCUT2D eigenvalue weighted by atomic mass is 32.2. The SMILES string of the molecule is O=C(O)C(=O)O.O=C(O)C(=O)O.O=C=NS(=O)(=O)O.O=P(O)(O)OF. The van der Waals surface area contributed by atoms with Gasteiger partial charge in [-0.15, -0.1) is 0 Å². The Morgan fingerprint density at radius 3 is 1.12 bits per heavy atom. The predicted octanol–water partition coefficient (Wildman–Crippen LogP) is -2.58. The van der Waals surface area contributed by atoms with E-state index in [-0.39, 0.29) is 0 Å². The number of hydrogen-bond acceptors (Lipinski definition) is 9. The number of hydrogen-bond donors (Lipinski definition) is 7. The van der Waals surface area contributed by atoms with Gasteiger partial charge in [0, 0.05) is 0 Å². The number of isocyanates is 1. The molecular weight excluding hydrogens is 412 g/mol. The van der Waals surface area contributed by atoms with Gasteiger partial charge < -0.3 is 30.2 Å². The number of aliphatic carboxylic acids is 4. The van der Waals surface area contributed by atoms with E-state index >= 15 is 0 Å². The van der Waals surface area contributed by atoms with Crippen molar-refractivity contribution < 1.29 is 81.0 Å². The van der Waals surface area contributed by atoms with Crippen molar-refractivity contribution in [2.75, 3.05) is 0 Å². The molecule has 0 unspecified atom stereocenters. The topological polar surface area (TPSA) is 300 Å². The first kappa shape index (κ1) is 30.1. The molecule has 0 aliphatic heterocycles. The van der Waals surface area contributed by atoms with Crippen molar-refractivity contribution in [2.24, 2.45) is 4.40 Å². The zero-order valence-electron chi connectivity index (χ0n) is 11.0. The van der Waals surface area contributed by atoms with E-state index in [9.17, 15) is 12.9 Å². The summed E-state index contributed by atoms with van der Waals surface area (Å²) in [6.07, 6.45) is 0.645. The number of carbonyl (C=O) groups excluding carboxylic acids is 1. The van der Waals surface area contributed by atoms with Gasteiger partial charge in [0.2, 0.25) is 0 Å². The lowest BCUT2D eigenvalue weighted by Gasteiger charge is -1.87. The van der Waals surface area contributed by atoms with Crippen LogP contribution in [-0.4, -0.2) is 73.1 Å². The molecular formula is C5H7FNO16PS. The highest BCUT2D eigenvalue weighted by Crippen LogP contribution is 2.35. The minimum atomic E-state index is -4.81. The summed E-state index contributed by atoms with van der Waals surface area (Å²) in [5, 5.41) is 29.6. The number of carboxylic acid groups (broad SMARTS) is 4. The monoisotopic (exact) mass is 419 g/mol. The molecule has 0 aliphatic rings. The van der Waals surface area contributed by atoms with Crippen molar-refractivity contribution in [1.29, 1.82) is 0 Å². The summed E-state index contributed by atoms with van der Waals surface area (Å²) in [6.45, 7) is 0. The molecule has 0 aromatic carbocycles. The summed E-state index contributed by atoms with van der Waals surface area (Å²) in [4.78, 5) is 60.1. The first-order valence-electron chi connectivity index (χ1n) is 4.26. The van der Waals surface area contributed by atoms with Crippen LogP contribution < -0.4 is 0 Å². The summed E-state index contributed by atoms with van der Waals surface area (Å²) in [5.41, 5.74) is 0. The molecule has 146 valence electrons. The van der Waals surface area contributed by atoms with Crippen LogP contribution in [0.4, 0.5) is 4.53 Å². The Balaban J connectivity index is -0.000000118. The zero-order chi connectivity index (χ0) is 21.4. The molecule has 0 aromatic rings. The van der Waals surface area contributed by atoms with Crippen LogP contribution in [0.5, 0.6) is 0 Å². The molecule has 0 fully saturated rings. The molecule has 7 N–H and O–H groups in total. The van der Waals surface area contributed by atoms with Crippen molar-refractivity contribution in [3.63, 3.8) is 0 Å². The number of phosphoric acid groups is 1. The fourth-order valence-electron chi connectivity index (χ4n) is 0.0471. The van der Waals surface area contributed by atoms with Gasteiger partial charge in [-0.25, -0.2) is 28.5 Å². The van der Waals surface area contributed by atoms with E-state index in [2.05, 4.69) is 4.73 Å². The fraction of sp³-hybridized carbons (Fsp3) is 0. The number of carboxylic acids is 4. The average Bonchev–Trinajstić information content (AvgIpc) is 2.38. The molecule has 25 heavy (non-hydrogen) atoms. The molecule has 20 heteroatoms. The lowest BCUT2D eigenvalue weighted by atomic mass is 10.7. The molecule has 0 spiro atoms. The highest BCUT2D eigenvalue weighted by molar-refractivity contribution is 7.84. The first-order valence-corrected chi connectivity index (χ1v) is 7.18. The van der Waals surface area contributed by atoms with Crippen molar-refractivity contribution in [2.45, 2.75) is 0 Å². The van der Waals surface area contributed by atoms with E-state index in [1.807, 2.05) is 4.40 Å². The normalized spacial score (nSPS) is 9.12. The number of carbonyl (C=O) groups is 4. The van der Waals surface area contributed by atoms with Crippen LogP contribution >= 0.6 is 7.82 Å². The minimum Gasteiger partial charge on any atom is -0.473 e. The molecule has 0 amide bonds. The van der Waals surface area contributed by atoms with E-state index in [0.29, 0.717) is 6.08 Å². The van der Waals surface area contributed by atoms with Gasteiger partial charge in [-0.2, -0.15) is 8.42 Å². The van der Waals surface area contributed by atoms with Gasteiger partial charge >= 0.3 is 42.0 Å². The second-order valence-corrected chi connectivity index (χ2v) is 4.61. The summed E-state index contributed by atoms with van der Waals surface area (Å²) in [7, 11) is -9.29. The van der Waals surface area contributed by atoms with Crippen LogP contribution in [0.15, 0.2) is 4.40 Å². The summed E-state index contributed by atoms with van der Waals surface area (Å²) >= 11 is 0. The van der Waals surface area contributed by atoms with E-state index < -0.39 is 42.0 Å². The van der Waals surface area contributed by atoms with Crippen LogP contribution in [0.1, 0.15) is 0 Å². The smallest absolute Gasteiger partial charge is 0.473 e. The van der Waals surface area contributed by atoms with E-state index in [1.165, 1.54) is 0 Å². The summed E-state index contributed by atoms with van der Waals surface area (Å²) < 4.78 is 49.7. The number of nitrogens with zero attached hydrogens (tertiary/aromatic N) is 1. The van der Waals surface area contributed by atoms with Crippen LogP contribution in [0, 0.1) is 0 Å². The quantitative estimate of drug-likeness (QED) is 0.0794. The number of rotatable bonds is 2. The Kier molecular flexibility index (Phi) is 17.8. The summed E-state index contributed by atoms with van der Waals surface area (Å²) in [5.74, 6) is -7.30. The first-order chi connectivity index (χ1) is 10.9. The third-order valence-electron chi connectivity index (χ3n) is 0.608. The molecule has 0 atom stereocenters. The van der Waals surface area contributed by atoms with Crippen LogP contribution in [0.2, 0.25) is 0 Å². The minimum absolute atomic E-state index is 0.645. The fourth-order valence-corrected chi connectivity index (χ4v) is 0.141. The zero-order valence-corrected chi connectivity index (χ0v) is 12.7. The van der Waals surface area contributed by atoms with Gasteiger partial charge in [-0.3, -0.25) is 4.55 Å². The van der Waals surface area contributed by atoms with Crippen LogP contribution in [-0.2, 0) is 43.6 Å². The van der Waals surface area contributed by atoms with Gasteiger partial charge in [0.1, 0.15) is 0 Å². The standard InChI is InChI=1S/2C2H2O4.CHNO4S.FH2O4P/c2*3-1(4)2(5)6;3-1-2-7(4,5)6;1-5-6(2,3)4/h2*(H,3,4)(H,5,6);(H,4,5,6);(H2,2,3,4). The van der Waals surface area contributed by atoms with E-state index in [4.69, 9.17) is 63.3 Å². The molecule has 0 heterocycles. The van der Waals surface area contributed by atoms with Crippen molar-refractivity contribution in [1.82, 2.24) is 0 Å². The summed E-state index contributed by atoms with van der Waals surface area (Å²) in [6, 6.07) is 0. The number of halogens is 1. The Morgan fingerprint density at radius 2 is 1.12 bits per heavy atom. The van der Waals surface area contributed by atoms with Gasteiger partial charge in [0.05, 0.1) is 0 Å². The molecule has 0 aliphatic carbocycles. The molecule has 0 saturated heterocycles. The molecule has 0 aromatic heterocycles. The maximum absolute atomic E-state index is 10.2. The Bertz CT molecular complexity index is 608. The van der Waals surface area contributed by atoms with Gasteiger partial charge in [0.15, 0.2) is 0 Å². The van der Waals surface area contributed by atoms with Gasteiger partial charge in [0.25, 0.3) is 6.08 Å². The molecule has 0 rings (SSSR count). The van der Waals surface area contributed by atoms with Crippen molar-refractivity contribution >= 4 is 48.1 Å². The maximum atomic E-state index is 10.2. The van der Waals surface area contributed by atoms with E-state index in [0.717, 1.165) is 0 Å². The average molecular weight is 419 g/mol. The second kappa shape index (κ2) is 14.8. The Morgan fingerprint density at radius 1 is 0.920 bits per heavy atom.